The van der Waals surface area contributed by atoms with E-state index in [0.29, 0.717) is 23.3 Å². The van der Waals surface area contributed by atoms with Crippen LogP contribution in [-0.4, -0.2) is 32.0 Å². The number of nitrogens with zero attached hydrogens (tertiary/aromatic N) is 4. The molecule has 0 spiro atoms. The highest BCUT2D eigenvalue weighted by molar-refractivity contribution is 6.09. The number of aryl methyl sites for hydroxylation is 1. The molecule has 0 N–H and O–H groups in total. The zero-order valence-corrected chi connectivity index (χ0v) is 26.0. The van der Waals surface area contributed by atoms with Gasteiger partial charge in [0.1, 0.15) is 28.5 Å². The van der Waals surface area contributed by atoms with Gasteiger partial charge in [0.15, 0.2) is 0 Å². The Balaban J connectivity index is 1.30. The molecule has 45 heavy (non-hydrogen) atoms. The second-order valence-electron chi connectivity index (χ2n) is 12.0. The van der Waals surface area contributed by atoms with Gasteiger partial charge in [0.2, 0.25) is 11.8 Å². The van der Waals surface area contributed by atoms with E-state index in [1.165, 1.54) is 0 Å². The summed E-state index contributed by atoms with van der Waals surface area (Å²) >= 11 is 0. The molecule has 7 heteroatoms. The first-order chi connectivity index (χ1) is 21.8. The minimum absolute atomic E-state index is 0.451. The highest BCUT2D eigenvalue weighted by Crippen LogP contribution is 2.42. The molecule has 3 aromatic heterocycles. The van der Waals surface area contributed by atoms with E-state index in [1.54, 1.807) is 11.8 Å². The molecule has 224 valence electrons. The van der Waals surface area contributed by atoms with Crippen molar-refractivity contribution in [3.8, 4) is 45.9 Å². The number of methoxy groups -OCH3 is 1. The lowest BCUT2D eigenvalue weighted by Gasteiger charge is -2.20. The maximum atomic E-state index is 6.49. The molecule has 0 aliphatic carbocycles. The molecular formula is C38H34N4O3. The van der Waals surface area contributed by atoms with Gasteiger partial charge in [0, 0.05) is 29.1 Å². The van der Waals surface area contributed by atoms with Gasteiger partial charge in [-0.2, -0.15) is 4.68 Å². The van der Waals surface area contributed by atoms with E-state index in [0.717, 1.165) is 50.0 Å². The molecule has 0 saturated heterocycles. The van der Waals surface area contributed by atoms with Crippen molar-refractivity contribution in [1.82, 2.24) is 19.3 Å². The average Bonchev–Trinajstić information content (AvgIpc) is 3.55. The zero-order chi connectivity index (χ0) is 31.1. The van der Waals surface area contributed by atoms with Crippen LogP contribution in [0, 0.1) is 6.92 Å². The highest BCUT2D eigenvalue weighted by atomic mass is 16.5. The third-order valence-corrected chi connectivity index (χ3v) is 7.54. The summed E-state index contributed by atoms with van der Waals surface area (Å²) in [5.74, 6) is 3.33. The van der Waals surface area contributed by atoms with Crippen LogP contribution >= 0.6 is 0 Å². The summed E-state index contributed by atoms with van der Waals surface area (Å²) < 4.78 is 22.7. The number of pyridine rings is 1. The van der Waals surface area contributed by atoms with Crippen LogP contribution in [0.1, 0.15) is 26.3 Å². The van der Waals surface area contributed by atoms with E-state index in [2.05, 4.69) is 54.0 Å². The quantitative estimate of drug-likeness (QED) is 0.184. The molecule has 7 rings (SSSR count). The Morgan fingerprint density at radius 2 is 1.47 bits per heavy atom. The number of hydrogen-bond donors (Lipinski definition) is 0. The summed E-state index contributed by atoms with van der Waals surface area (Å²) in [5, 5.41) is 7.18. The van der Waals surface area contributed by atoms with Gasteiger partial charge in [-0.15, -0.1) is 5.10 Å². The fourth-order valence-corrected chi connectivity index (χ4v) is 5.68. The first-order valence-corrected chi connectivity index (χ1v) is 14.9. The Bertz CT molecular complexity index is 2160. The van der Waals surface area contributed by atoms with Crippen molar-refractivity contribution in [1.29, 1.82) is 0 Å². The van der Waals surface area contributed by atoms with Crippen molar-refractivity contribution in [3.63, 3.8) is 0 Å². The Hall–Kier alpha value is -5.56. The summed E-state index contributed by atoms with van der Waals surface area (Å²) in [7, 11) is 1.65. The van der Waals surface area contributed by atoms with Crippen LogP contribution in [0.5, 0.6) is 23.3 Å². The smallest absolute Gasteiger partial charge is 0.245 e. The van der Waals surface area contributed by atoms with Crippen molar-refractivity contribution < 1.29 is 14.2 Å². The van der Waals surface area contributed by atoms with Crippen LogP contribution in [0.15, 0.2) is 115 Å². The number of fused-ring (bicyclic) bond motifs is 3. The van der Waals surface area contributed by atoms with Crippen LogP contribution in [0.25, 0.3) is 44.4 Å². The van der Waals surface area contributed by atoms with Gasteiger partial charge in [-0.3, -0.25) is 4.57 Å². The van der Waals surface area contributed by atoms with Gasteiger partial charge in [-0.1, -0.05) is 54.6 Å². The van der Waals surface area contributed by atoms with E-state index in [-0.39, 0.29) is 0 Å². The van der Waals surface area contributed by atoms with Gasteiger partial charge >= 0.3 is 0 Å². The first kappa shape index (κ1) is 28.2. The molecule has 3 heterocycles. The molecule has 0 aliphatic rings. The lowest BCUT2D eigenvalue weighted by Crippen LogP contribution is -2.23. The topological polar surface area (TPSA) is 63.3 Å². The van der Waals surface area contributed by atoms with E-state index in [4.69, 9.17) is 24.3 Å². The van der Waals surface area contributed by atoms with E-state index in [1.807, 2.05) is 93.7 Å². The number of ether oxygens (including phenoxy) is 3. The minimum atomic E-state index is -0.451. The SMILES string of the molecule is COc1c(-c2ccccc2)c(OC(C)(C)C)nn1-c1cccc(Oc2ccc3c4ccccc4n(-c4cc(C)ccn4)c3c2)c1. The van der Waals surface area contributed by atoms with Gasteiger partial charge in [-0.25, -0.2) is 4.98 Å². The van der Waals surface area contributed by atoms with Crippen LogP contribution in [-0.2, 0) is 0 Å². The third-order valence-electron chi connectivity index (χ3n) is 7.54. The van der Waals surface area contributed by atoms with Crippen molar-refractivity contribution >= 4 is 21.8 Å². The number of benzene rings is 4. The van der Waals surface area contributed by atoms with Gasteiger partial charge < -0.3 is 14.2 Å². The fraction of sp³-hybridized carbons (Fsp3) is 0.158. The predicted octanol–water partition coefficient (Wildman–Crippen LogP) is 9.32. The van der Waals surface area contributed by atoms with Crippen LogP contribution in [0.2, 0.25) is 0 Å². The molecule has 0 bridgehead atoms. The summed E-state index contributed by atoms with van der Waals surface area (Å²) in [5.41, 5.74) is 5.35. The maximum absolute atomic E-state index is 6.49. The van der Waals surface area contributed by atoms with E-state index < -0.39 is 5.60 Å². The highest BCUT2D eigenvalue weighted by Gasteiger charge is 2.26. The van der Waals surface area contributed by atoms with Crippen LogP contribution in [0.3, 0.4) is 0 Å². The minimum Gasteiger partial charge on any atom is -0.480 e. The second kappa shape index (κ2) is 11.2. The molecule has 0 unspecified atom stereocenters. The molecular weight excluding hydrogens is 560 g/mol. The molecule has 0 atom stereocenters. The monoisotopic (exact) mass is 594 g/mol. The number of aromatic nitrogens is 4. The summed E-state index contributed by atoms with van der Waals surface area (Å²) in [6.07, 6.45) is 1.85. The lowest BCUT2D eigenvalue weighted by atomic mass is 10.1. The molecule has 0 fully saturated rings. The Labute approximate surface area is 262 Å². The average molecular weight is 595 g/mol. The second-order valence-corrected chi connectivity index (χ2v) is 12.0. The van der Waals surface area contributed by atoms with Gasteiger partial charge in [0.05, 0.1) is 23.8 Å². The van der Waals surface area contributed by atoms with Crippen molar-refractivity contribution in [3.05, 3.63) is 121 Å². The molecule has 4 aromatic carbocycles. The normalized spacial score (nSPS) is 11.7. The largest absolute Gasteiger partial charge is 0.480 e. The number of hydrogen-bond acceptors (Lipinski definition) is 5. The Morgan fingerprint density at radius 1 is 0.711 bits per heavy atom. The summed E-state index contributed by atoms with van der Waals surface area (Å²) in [6.45, 7) is 8.10. The maximum Gasteiger partial charge on any atom is 0.245 e. The molecule has 0 amide bonds. The number of rotatable bonds is 7. The molecule has 0 saturated carbocycles. The molecule has 7 nitrogen and oxygen atoms in total. The Kier molecular flexibility index (Phi) is 7.01. The van der Waals surface area contributed by atoms with Crippen molar-refractivity contribution in [2.75, 3.05) is 7.11 Å². The lowest BCUT2D eigenvalue weighted by molar-refractivity contribution is 0.124. The van der Waals surface area contributed by atoms with Gasteiger partial charge in [-0.05, 0) is 81.3 Å². The predicted molar refractivity (Wildman–Crippen MR) is 179 cm³/mol. The van der Waals surface area contributed by atoms with E-state index in [9.17, 15) is 0 Å². The van der Waals surface area contributed by atoms with Crippen molar-refractivity contribution in [2.24, 2.45) is 0 Å². The van der Waals surface area contributed by atoms with E-state index >= 15 is 0 Å². The third kappa shape index (κ3) is 5.38. The molecule has 0 aliphatic heterocycles. The van der Waals surface area contributed by atoms with Gasteiger partial charge in [0.25, 0.3) is 0 Å². The summed E-state index contributed by atoms with van der Waals surface area (Å²) in [4.78, 5) is 4.70. The number of para-hydroxylation sites is 1. The molecule has 0 radical (unpaired) electrons. The van der Waals surface area contributed by atoms with Crippen LogP contribution in [0.4, 0.5) is 0 Å². The van der Waals surface area contributed by atoms with Crippen molar-refractivity contribution in [2.45, 2.75) is 33.3 Å². The molecule has 7 aromatic rings. The zero-order valence-electron chi connectivity index (χ0n) is 26.0. The standard InChI is InChI=1S/C38H34N4O3/c1-25-20-21-39-34(22-25)41-32-17-10-9-16-30(32)31-19-18-29(24-33(31)41)44-28-15-11-14-27(23-28)42-37(43-5)35(26-12-7-6-8-13-26)36(40-42)45-38(2,3)4/h6-24H,1-5H3. The van der Waals surface area contributed by atoms with Crippen LogP contribution < -0.4 is 14.2 Å². The Morgan fingerprint density at radius 3 is 2.24 bits per heavy atom. The summed E-state index contributed by atoms with van der Waals surface area (Å²) in [6, 6.07) is 36.5. The first-order valence-electron chi connectivity index (χ1n) is 14.9. The fourth-order valence-electron chi connectivity index (χ4n) is 5.68.